The predicted octanol–water partition coefficient (Wildman–Crippen LogP) is 1.87. The summed E-state index contributed by atoms with van der Waals surface area (Å²) in [5, 5.41) is 0. The highest BCUT2D eigenvalue weighted by Crippen LogP contribution is 2.35. The first-order chi connectivity index (χ1) is 4.52. The fraction of sp³-hybridized carbons (Fsp3) is 0.667. The van der Waals surface area contributed by atoms with Crippen LogP contribution in [0.25, 0.3) is 0 Å². The largest absolute Gasteiger partial charge is 0.257 e. The number of hydrogen-bond acceptors (Lipinski definition) is 2. The Morgan fingerprint density at radius 1 is 1.50 bits per heavy atom. The van der Waals surface area contributed by atoms with E-state index in [9.17, 15) is 8.42 Å². The normalized spacial score (nSPS) is 20.1. The van der Waals surface area contributed by atoms with E-state index in [1.807, 2.05) is 0 Å². The van der Waals surface area contributed by atoms with E-state index in [4.69, 9.17) is 10.7 Å². The molecule has 0 aromatic carbocycles. The third-order valence-corrected chi connectivity index (χ3v) is 3.43. The van der Waals surface area contributed by atoms with E-state index in [2.05, 4.69) is 6.58 Å². The van der Waals surface area contributed by atoms with Crippen LogP contribution in [0.1, 0.15) is 19.3 Å². The minimum atomic E-state index is -3.49. The molecule has 0 saturated heterocycles. The second-order valence-corrected chi connectivity index (χ2v) is 5.15. The lowest BCUT2D eigenvalue weighted by molar-refractivity contribution is 0.379. The number of rotatable bonds is 2. The zero-order valence-electron chi connectivity index (χ0n) is 5.51. The summed E-state index contributed by atoms with van der Waals surface area (Å²) < 4.78 is 21.3. The van der Waals surface area contributed by atoms with Gasteiger partial charge in [-0.3, -0.25) is 0 Å². The quantitative estimate of drug-likeness (QED) is 0.608. The molecule has 1 fully saturated rings. The first-order valence-electron chi connectivity index (χ1n) is 3.15. The summed E-state index contributed by atoms with van der Waals surface area (Å²) in [6, 6.07) is 0. The van der Waals surface area contributed by atoms with Crippen molar-refractivity contribution in [2.45, 2.75) is 19.3 Å². The molecule has 1 aliphatic rings. The molecule has 58 valence electrons. The highest BCUT2D eigenvalue weighted by molar-refractivity contribution is 8.16. The summed E-state index contributed by atoms with van der Waals surface area (Å²) in [6.45, 7) is 3.43. The van der Waals surface area contributed by atoms with Crippen molar-refractivity contribution in [1.82, 2.24) is 0 Å². The first-order valence-corrected chi connectivity index (χ1v) is 5.46. The van der Waals surface area contributed by atoms with E-state index in [1.165, 1.54) is 0 Å². The Bertz CT molecular complexity index is 238. The second-order valence-electron chi connectivity index (χ2n) is 2.53. The molecule has 0 aliphatic heterocycles. The Morgan fingerprint density at radius 3 is 2.10 bits per heavy atom. The Hall–Kier alpha value is -0.0200. The van der Waals surface area contributed by atoms with Gasteiger partial charge < -0.3 is 0 Å². The molecule has 0 heterocycles. The van der Waals surface area contributed by atoms with Gasteiger partial charge in [0.25, 0.3) is 9.05 Å². The molecular formula is C6H9ClO2S. The molecule has 0 N–H and O–H groups in total. The molecule has 2 nitrogen and oxygen atoms in total. The predicted molar refractivity (Wildman–Crippen MR) is 41.3 cm³/mol. The van der Waals surface area contributed by atoms with E-state index in [0.717, 1.165) is 19.3 Å². The van der Waals surface area contributed by atoms with Crippen LogP contribution < -0.4 is 0 Å². The minimum absolute atomic E-state index is 0.127. The molecule has 10 heavy (non-hydrogen) atoms. The van der Waals surface area contributed by atoms with Gasteiger partial charge in [0, 0.05) is 10.7 Å². The molecule has 0 aromatic rings. The van der Waals surface area contributed by atoms with Gasteiger partial charge in [0.2, 0.25) is 0 Å². The molecule has 0 aromatic heterocycles. The number of allylic oxidation sites excluding steroid dienone is 1. The summed E-state index contributed by atoms with van der Waals surface area (Å²) in [4.78, 5) is 0.195. The molecular weight excluding hydrogens is 172 g/mol. The zero-order chi connectivity index (χ0) is 7.78. The standard InChI is InChI=1S/C6H9ClO2S/c1-5(10(7,8)9)6-3-2-4-6/h6H,1-4H2. The summed E-state index contributed by atoms with van der Waals surface area (Å²) in [7, 11) is 1.58. The Balaban J connectivity index is 2.66. The lowest BCUT2D eigenvalue weighted by Crippen LogP contribution is -2.16. The van der Waals surface area contributed by atoms with Crippen molar-refractivity contribution >= 4 is 19.7 Å². The van der Waals surface area contributed by atoms with Gasteiger partial charge in [0.15, 0.2) is 0 Å². The molecule has 1 aliphatic carbocycles. The maximum Gasteiger partial charge on any atom is 0.257 e. The maximum atomic E-state index is 10.6. The molecule has 1 rings (SSSR count). The number of hydrogen-bond donors (Lipinski definition) is 0. The van der Waals surface area contributed by atoms with Crippen LogP contribution in [-0.4, -0.2) is 8.42 Å². The van der Waals surface area contributed by atoms with Crippen LogP contribution >= 0.6 is 10.7 Å². The molecule has 0 amide bonds. The molecule has 0 unspecified atom stereocenters. The van der Waals surface area contributed by atoms with Gasteiger partial charge in [0.05, 0.1) is 4.91 Å². The van der Waals surface area contributed by atoms with Gasteiger partial charge >= 0.3 is 0 Å². The van der Waals surface area contributed by atoms with E-state index in [0.29, 0.717) is 0 Å². The number of halogens is 1. The van der Waals surface area contributed by atoms with Crippen molar-refractivity contribution in [2.75, 3.05) is 0 Å². The zero-order valence-corrected chi connectivity index (χ0v) is 7.08. The average molecular weight is 181 g/mol. The highest BCUT2D eigenvalue weighted by atomic mass is 35.7. The fourth-order valence-corrected chi connectivity index (χ4v) is 1.94. The molecule has 1 saturated carbocycles. The second kappa shape index (κ2) is 2.55. The van der Waals surface area contributed by atoms with Gasteiger partial charge in [-0.2, -0.15) is 0 Å². The lowest BCUT2D eigenvalue weighted by Gasteiger charge is -2.25. The van der Waals surface area contributed by atoms with Crippen molar-refractivity contribution in [3.05, 3.63) is 11.5 Å². The SMILES string of the molecule is C=C(C1CCC1)S(=O)(=O)Cl. The summed E-state index contributed by atoms with van der Waals surface area (Å²) in [5.74, 6) is 0.127. The molecule has 4 heteroatoms. The van der Waals surface area contributed by atoms with Crippen LogP contribution in [0.4, 0.5) is 0 Å². The van der Waals surface area contributed by atoms with Crippen molar-refractivity contribution in [1.29, 1.82) is 0 Å². The Labute approximate surface area is 65.3 Å². The highest BCUT2D eigenvalue weighted by Gasteiger charge is 2.27. The molecule has 0 radical (unpaired) electrons. The van der Waals surface area contributed by atoms with Crippen LogP contribution in [0.5, 0.6) is 0 Å². The van der Waals surface area contributed by atoms with Gasteiger partial charge in [-0.05, 0) is 18.8 Å². The Morgan fingerprint density at radius 2 is 2.00 bits per heavy atom. The van der Waals surface area contributed by atoms with Crippen LogP contribution in [-0.2, 0) is 9.05 Å². The first kappa shape index (κ1) is 8.08. The van der Waals surface area contributed by atoms with Crippen LogP contribution in [0.2, 0.25) is 0 Å². The summed E-state index contributed by atoms with van der Waals surface area (Å²) in [6.07, 6.45) is 2.94. The third-order valence-electron chi connectivity index (χ3n) is 1.87. The topological polar surface area (TPSA) is 34.1 Å². The summed E-state index contributed by atoms with van der Waals surface area (Å²) >= 11 is 0. The van der Waals surface area contributed by atoms with Crippen LogP contribution in [0, 0.1) is 5.92 Å². The third kappa shape index (κ3) is 1.52. The lowest BCUT2D eigenvalue weighted by atomic mass is 9.85. The monoisotopic (exact) mass is 180 g/mol. The Kier molecular flexibility index (Phi) is 2.06. The van der Waals surface area contributed by atoms with E-state index >= 15 is 0 Å². The minimum Gasteiger partial charge on any atom is -0.207 e. The van der Waals surface area contributed by atoms with Gasteiger partial charge in [0.1, 0.15) is 0 Å². The molecule has 0 bridgehead atoms. The van der Waals surface area contributed by atoms with Crippen LogP contribution in [0.3, 0.4) is 0 Å². The summed E-state index contributed by atoms with van der Waals surface area (Å²) in [5.41, 5.74) is 0. The molecule has 0 spiro atoms. The van der Waals surface area contributed by atoms with Crippen LogP contribution in [0.15, 0.2) is 11.5 Å². The van der Waals surface area contributed by atoms with E-state index < -0.39 is 9.05 Å². The van der Waals surface area contributed by atoms with Gasteiger partial charge in [-0.1, -0.05) is 13.0 Å². The van der Waals surface area contributed by atoms with Crippen molar-refractivity contribution in [3.8, 4) is 0 Å². The van der Waals surface area contributed by atoms with Crippen molar-refractivity contribution < 1.29 is 8.42 Å². The van der Waals surface area contributed by atoms with Gasteiger partial charge in [-0.25, -0.2) is 8.42 Å². The van der Waals surface area contributed by atoms with Crippen molar-refractivity contribution in [2.24, 2.45) is 5.92 Å². The van der Waals surface area contributed by atoms with E-state index in [-0.39, 0.29) is 10.8 Å². The van der Waals surface area contributed by atoms with E-state index in [1.54, 1.807) is 0 Å². The maximum absolute atomic E-state index is 10.6. The smallest absolute Gasteiger partial charge is 0.207 e. The van der Waals surface area contributed by atoms with Crippen molar-refractivity contribution in [3.63, 3.8) is 0 Å². The van der Waals surface area contributed by atoms with Gasteiger partial charge in [-0.15, -0.1) is 0 Å². The average Bonchev–Trinajstić information content (AvgIpc) is 1.57. The fourth-order valence-electron chi connectivity index (χ4n) is 0.929. The molecule has 0 atom stereocenters.